The number of nitrogens with one attached hydrogen (secondary N) is 1. The van der Waals surface area contributed by atoms with E-state index in [0.29, 0.717) is 12.3 Å². The molecule has 148 valence electrons. The molecule has 2 fully saturated rings. The van der Waals surface area contributed by atoms with Crippen LogP contribution in [-0.2, 0) is 11.3 Å². The largest absolute Gasteiger partial charge is 0.305 e. The second kappa shape index (κ2) is 7.05. The number of hydrazine groups is 1. The van der Waals surface area contributed by atoms with Gasteiger partial charge in [-0.15, -0.1) is 0 Å². The van der Waals surface area contributed by atoms with Gasteiger partial charge in [0.25, 0.3) is 11.5 Å². The molecule has 1 amide bonds. The van der Waals surface area contributed by atoms with Gasteiger partial charge in [0.2, 0.25) is 5.96 Å². The van der Waals surface area contributed by atoms with Gasteiger partial charge in [0.1, 0.15) is 0 Å². The van der Waals surface area contributed by atoms with Crippen molar-refractivity contribution in [2.24, 2.45) is 11.8 Å². The number of benzene rings is 1. The van der Waals surface area contributed by atoms with Crippen LogP contribution in [0.15, 0.2) is 41.2 Å². The highest BCUT2D eigenvalue weighted by atomic mass is 16.2. The van der Waals surface area contributed by atoms with Crippen LogP contribution in [0, 0.1) is 11.3 Å². The zero-order valence-corrected chi connectivity index (χ0v) is 16.2. The average molecular weight is 381 g/mol. The Morgan fingerprint density at radius 2 is 1.82 bits per heavy atom. The minimum Gasteiger partial charge on any atom is -0.305 e. The third-order valence-corrected chi connectivity index (χ3v) is 6.38. The van der Waals surface area contributed by atoms with Crippen molar-refractivity contribution in [3.63, 3.8) is 0 Å². The molecule has 4 rings (SSSR count). The topological polar surface area (TPSA) is 95.4 Å². The number of carbonyl (C=O) groups is 1. The monoisotopic (exact) mass is 381 g/mol. The van der Waals surface area contributed by atoms with Crippen LogP contribution < -0.4 is 11.4 Å². The predicted molar refractivity (Wildman–Crippen MR) is 109 cm³/mol. The van der Waals surface area contributed by atoms with Gasteiger partial charge in [0.15, 0.2) is 5.54 Å². The first-order valence-corrected chi connectivity index (χ1v) is 9.94. The Bertz CT molecular complexity index is 978. The lowest BCUT2D eigenvalue weighted by Gasteiger charge is -2.37. The van der Waals surface area contributed by atoms with Gasteiger partial charge in [-0.05, 0) is 29.9 Å². The van der Waals surface area contributed by atoms with Crippen molar-refractivity contribution in [2.75, 3.05) is 7.05 Å². The third kappa shape index (κ3) is 2.90. The maximum atomic E-state index is 13.3. The molecular weight excluding hydrogens is 354 g/mol. The fourth-order valence-electron chi connectivity index (χ4n) is 4.81. The summed E-state index contributed by atoms with van der Waals surface area (Å²) in [6, 6.07) is 11.0. The summed E-state index contributed by atoms with van der Waals surface area (Å²) in [6.07, 6.45) is 6.21. The molecule has 1 aromatic heterocycles. The number of nitrogens with two attached hydrogens (primary N) is 1. The minimum absolute atomic E-state index is 0.0194. The molecule has 7 nitrogen and oxygen atoms in total. The van der Waals surface area contributed by atoms with Gasteiger partial charge in [-0.3, -0.25) is 24.9 Å². The van der Waals surface area contributed by atoms with E-state index in [2.05, 4.69) is 0 Å². The summed E-state index contributed by atoms with van der Waals surface area (Å²) in [5.41, 5.74) is -0.494. The number of hydrogen-bond acceptors (Lipinski definition) is 4. The molecule has 1 aliphatic carbocycles. The van der Waals surface area contributed by atoms with Crippen molar-refractivity contribution < 1.29 is 4.79 Å². The number of aromatic nitrogens is 1. The summed E-state index contributed by atoms with van der Waals surface area (Å²) >= 11 is 0. The van der Waals surface area contributed by atoms with Gasteiger partial charge < -0.3 is 4.57 Å². The molecular formula is C21H27N5O2. The number of amides is 1. The van der Waals surface area contributed by atoms with E-state index in [1.54, 1.807) is 17.7 Å². The first-order chi connectivity index (χ1) is 13.4. The maximum absolute atomic E-state index is 13.3. The summed E-state index contributed by atoms with van der Waals surface area (Å²) < 4.78 is 1.64. The molecule has 2 aromatic rings. The van der Waals surface area contributed by atoms with E-state index >= 15 is 0 Å². The highest BCUT2D eigenvalue weighted by molar-refractivity contribution is 6.07. The Kier molecular flexibility index (Phi) is 4.71. The van der Waals surface area contributed by atoms with Crippen LogP contribution in [0.4, 0.5) is 0 Å². The molecule has 2 aliphatic rings. The molecule has 1 saturated carbocycles. The van der Waals surface area contributed by atoms with Crippen LogP contribution in [0.2, 0.25) is 0 Å². The molecule has 0 radical (unpaired) electrons. The molecule has 1 atom stereocenters. The van der Waals surface area contributed by atoms with Crippen LogP contribution in [0.3, 0.4) is 0 Å². The van der Waals surface area contributed by atoms with E-state index in [9.17, 15) is 9.59 Å². The van der Waals surface area contributed by atoms with Crippen molar-refractivity contribution in [3.05, 3.63) is 46.8 Å². The molecule has 0 bridgehead atoms. The number of fused-ring (bicyclic) bond motifs is 1. The van der Waals surface area contributed by atoms with Crippen LogP contribution in [0.5, 0.6) is 0 Å². The summed E-state index contributed by atoms with van der Waals surface area (Å²) in [5, 5.41) is 10.5. The highest BCUT2D eigenvalue weighted by Crippen LogP contribution is 2.37. The first-order valence-electron chi connectivity index (χ1n) is 9.94. The molecule has 3 N–H and O–H groups in total. The van der Waals surface area contributed by atoms with E-state index in [-0.39, 0.29) is 24.0 Å². The Hall–Kier alpha value is -2.67. The number of rotatable bonds is 4. The van der Waals surface area contributed by atoms with Crippen molar-refractivity contribution in [1.29, 1.82) is 5.41 Å². The highest BCUT2D eigenvalue weighted by Gasteiger charge is 2.54. The quantitative estimate of drug-likeness (QED) is 0.795. The average Bonchev–Trinajstić information content (AvgIpc) is 2.87. The number of carbonyl (C=O) groups excluding carboxylic acids is 1. The third-order valence-electron chi connectivity index (χ3n) is 6.38. The zero-order valence-electron chi connectivity index (χ0n) is 16.2. The molecule has 1 saturated heterocycles. The Morgan fingerprint density at radius 3 is 2.50 bits per heavy atom. The van der Waals surface area contributed by atoms with Gasteiger partial charge >= 0.3 is 0 Å². The van der Waals surface area contributed by atoms with Crippen LogP contribution >= 0.6 is 0 Å². The summed E-state index contributed by atoms with van der Waals surface area (Å²) in [7, 11) is 1.58. The number of para-hydroxylation sites is 1. The Morgan fingerprint density at radius 1 is 1.11 bits per heavy atom. The zero-order chi connectivity index (χ0) is 19.9. The lowest BCUT2D eigenvalue weighted by Crippen LogP contribution is -2.58. The fraction of sp³-hybridized carbons (Fsp3) is 0.476. The van der Waals surface area contributed by atoms with Crippen LogP contribution in [0.1, 0.15) is 38.5 Å². The molecule has 28 heavy (non-hydrogen) atoms. The number of guanidine groups is 1. The summed E-state index contributed by atoms with van der Waals surface area (Å²) in [4.78, 5) is 27.4. The normalized spacial score (nSPS) is 23.8. The van der Waals surface area contributed by atoms with Gasteiger partial charge in [0.05, 0.1) is 12.1 Å². The number of likely N-dealkylation sites (N-methyl/N-ethyl adjacent to an activating group) is 1. The van der Waals surface area contributed by atoms with E-state index in [4.69, 9.17) is 11.3 Å². The second-order valence-corrected chi connectivity index (χ2v) is 8.11. The van der Waals surface area contributed by atoms with Gasteiger partial charge in [-0.2, -0.15) is 0 Å². The lowest BCUT2D eigenvalue weighted by atomic mass is 9.78. The van der Waals surface area contributed by atoms with E-state index < -0.39 is 5.54 Å². The predicted octanol–water partition coefficient (Wildman–Crippen LogP) is 2.29. The maximum Gasteiger partial charge on any atom is 0.258 e. The number of hydrogen-bond donors (Lipinski definition) is 2. The van der Waals surface area contributed by atoms with Crippen molar-refractivity contribution in [2.45, 2.75) is 50.6 Å². The van der Waals surface area contributed by atoms with Gasteiger partial charge in [-0.1, -0.05) is 50.3 Å². The van der Waals surface area contributed by atoms with E-state index in [1.807, 2.05) is 24.3 Å². The molecule has 1 aliphatic heterocycles. The molecule has 7 heteroatoms. The van der Waals surface area contributed by atoms with Crippen LogP contribution in [0.25, 0.3) is 10.9 Å². The molecule has 1 aromatic carbocycles. The van der Waals surface area contributed by atoms with E-state index in [1.165, 1.54) is 22.4 Å². The minimum atomic E-state index is -1.11. The van der Waals surface area contributed by atoms with Crippen LogP contribution in [-0.4, -0.2) is 38.9 Å². The van der Waals surface area contributed by atoms with Crippen molar-refractivity contribution in [3.8, 4) is 0 Å². The molecule has 0 spiro atoms. The molecule has 2 heterocycles. The first kappa shape index (κ1) is 18.7. The summed E-state index contributed by atoms with van der Waals surface area (Å²) in [5.74, 6) is 6.47. The Balaban J connectivity index is 1.81. The van der Waals surface area contributed by atoms with Crippen molar-refractivity contribution >= 4 is 22.8 Å². The standard InChI is InChI=1S/C21H27N5O2/c1-24-19(28)21(26(23)20(24)22,13-15-7-3-2-4-8-15)14-25-17-10-6-5-9-16(17)11-12-18(25)27/h5-6,9-12,15,22H,2-4,7-8,13-14,23H2,1H3. The second-order valence-electron chi connectivity index (χ2n) is 8.11. The van der Waals surface area contributed by atoms with Gasteiger partial charge in [-0.25, -0.2) is 5.84 Å². The number of pyridine rings is 1. The van der Waals surface area contributed by atoms with Gasteiger partial charge in [0, 0.05) is 13.1 Å². The smallest absolute Gasteiger partial charge is 0.258 e. The fourth-order valence-corrected chi connectivity index (χ4v) is 4.81. The van der Waals surface area contributed by atoms with E-state index in [0.717, 1.165) is 36.6 Å². The van der Waals surface area contributed by atoms with Crippen molar-refractivity contribution in [1.82, 2.24) is 14.5 Å². The molecule has 1 unspecified atom stereocenters. The summed E-state index contributed by atoms with van der Waals surface area (Å²) in [6.45, 7) is 0.145. The SMILES string of the molecule is CN1C(=N)N(N)C(CC2CCCCC2)(Cn2c(=O)ccc3ccccc32)C1=O. The Labute approximate surface area is 164 Å². The number of nitrogens with zero attached hydrogens (tertiary/aromatic N) is 3. The lowest BCUT2D eigenvalue weighted by molar-refractivity contribution is -0.134.